The van der Waals surface area contributed by atoms with Crippen LogP contribution in [0.15, 0.2) is 11.4 Å². The summed E-state index contributed by atoms with van der Waals surface area (Å²) in [4.78, 5) is 15.4. The van der Waals surface area contributed by atoms with Crippen molar-refractivity contribution >= 4 is 17.2 Å². The third-order valence-electron chi connectivity index (χ3n) is 6.10. The van der Waals surface area contributed by atoms with Crippen LogP contribution in [-0.2, 0) is 10.3 Å². The molecule has 23 heavy (non-hydrogen) atoms. The Hall–Kier alpha value is -0.910. The standard InChI is InChI=1S/C18H26N2O2S/c1-22-18(16-7-13(11-23-16)17(19)21)14-3-2-4-15(18)10-20(9-14)8-12-5-6-12/h7,11-12,14-15H,2-6,8-10H2,1H3,(H2,19,21)/t14-,15+,18?. The number of fused-ring (bicyclic) bond motifs is 2. The summed E-state index contributed by atoms with van der Waals surface area (Å²) in [7, 11) is 1.85. The summed E-state index contributed by atoms with van der Waals surface area (Å²) >= 11 is 1.65. The van der Waals surface area contributed by atoms with E-state index in [1.807, 2.05) is 18.6 Å². The van der Waals surface area contributed by atoms with Crippen molar-refractivity contribution in [2.75, 3.05) is 26.7 Å². The molecule has 0 aromatic carbocycles. The fourth-order valence-corrected chi connectivity index (χ4v) is 6.08. The highest BCUT2D eigenvalue weighted by molar-refractivity contribution is 7.10. The zero-order valence-corrected chi connectivity index (χ0v) is 14.6. The molecule has 126 valence electrons. The van der Waals surface area contributed by atoms with Gasteiger partial charge in [0.05, 0.1) is 5.56 Å². The molecular formula is C18H26N2O2S. The van der Waals surface area contributed by atoms with Gasteiger partial charge < -0.3 is 15.4 Å². The van der Waals surface area contributed by atoms with Crippen molar-refractivity contribution in [2.24, 2.45) is 23.5 Å². The first-order chi connectivity index (χ1) is 11.1. The highest BCUT2D eigenvalue weighted by atomic mass is 32.1. The fraction of sp³-hybridized carbons (Fsp3) is 0.722. The van der Waals surface area contributed by atoms with Gasteiger partial charge in [0.2, 0.25) is 5.91 Å². The molecule has 1 aliphatic heterocycles. The number of methoxy groups -OCH3 is 1. The molecule has 2 N–H and O–H groups in total. The highest BCUT2D eigenvalue weighted by Crippen LogP contribution is 2.53. The second-order valence-corrected chi connectivity index (χ2v) is 8.46. The van der Waals surface area contributed by atoms with Crippen LogP contribution in [0.25, 0.3) is 0 Å². The summed E-state index contributed by atoms with van der Waals surface area (Å²) < 4.78 is 6.23. The molecule has 2 bridgehead atoms. The molecule has 0 radical (unpaired) electrons. The predicted octanol–water partition coefficient (Wildman–Crippen LogP) is 2.83. The van der Waals surface area contributed by atoms with Crippen LogP contribution in [0.5, 0.6) is 0 Å². The number of nitrogens with zero attached hydrogens (tertiary/aromatic N) is 1. The van der Waals surface area contributed by atoms with Crippen molar-refractivity contribution in [3.8, 4) is 0 Å². The van der Waals surface area contributed by atoms with E-state index in [1.54, 1.807) is 11.3 Å². The second kappa shape index (κ2) is 5.87. The lowest BCUT2D eigenvalue weighted by molar-refractivity contribution is -0.167. The molecule has 3 fully saturated rings. The van der Waals surface area contributed by atoms with E-state index in [4.69, 9.17) is 10.5 Å². The van der Waals surface area contributed by atoms with Gasteiger partial charge in [-0.3, -0.25) is 4.79 Å². The van der Waals surface area contributed by atoms with Crippen LogP contribution < -0.4 is 5.73 Å². The Bertz CT molecular complexity index is 582. The molecule has 3 aliphatic rings. The molecule has 2 heterocycles. The third kappa shape index (κ3) is 2.63. The summed E-state index contributed by atoms with van der Waals surface area (Å²) in [6.45, 7) is 3.53. The predicted molar refractivity (Wildman–Crippen MR) is 91.5 cm³/mol. The van der Waals surface area contributed by atoms with Gasteiger partial charge in [0.15, 0.2) is 0 Å². The molecule has 4 nitrogen and oxygen atoms in total. The molecule has 2 aliphatic carbocycles. The van der Waals surface area contributed by atoms with Gasteiger partial charge in [0, 0.05) is 48.8 Å². The van der Waals surface area contributed by atoms with E-state index in [2.05, 4.69) is 4.90 Å². The molecule has 4 rings (SSSR count). The van der Waals surface area contributed by atoms with Crippen LogP contribution in [-0.4, -0.2) is 37.6 Å². The topological polar surface area (TPSA) is 55.6 Å². The number of ether oxygens (including phenoxy) is 1. The Balaban J connectivity index is 1.64. The van der Waals surface area contributed by atoms with Crippen LogP contribution in [0, 0.1) is 17.8 Å². The number of hydrogen-bond acceptors (Lipinski definition) is 4. The number of carbonyl (C=O) groups is 1. The van der Waals surface area contributed by atoms with Crippen LogP contribution >= 0.6 is 11.3 Å². The largest absolute Gasteiger partial charge is 0.372 e. The number of amides is 1. The molecule has 2 saturated carbocycles. The quantitative estimate of drug-likeness (QED) is 0.901. The molecule has 1 saturated heterocycles. The minimum atomic E-state index is -0.338. The molecule has 1 amide bonds. The summed E-state index contributed by atoms with van der Waals surface area (Å²) in [5, 5.41) is 1.89. The molecular weight excluding hydrogens is 308 g/mol. The summed E-state index contributed by atoms with van der Waals surface area (Å²) in [5.41, 5.74) is 5.87. The Morgan fingerprint density at radius 2 is 2.04 bits per heavy atom. The number of nitrogens with two attached hydrogens (primary N) is 1. The van der Waals surface area contributed by atoms with E-state index in [9.17, 15) is 4.79 Å². The van der Waals surface area contributed by atoms with Gasteiger partial charge in [-0.2, -0.15) is 0 Å². The molecule has 5 heteroatoms. The van der Waals surface area contributed by atoms with E-state index >= 15 is 0 Å². The van der Waals surface area contributed by atoms with Gasteiger partial charge in [-0.1, -0.05) is 6.42 Å². The van der Waals surface area contributed by atoms with E-state index in [1.165, 1.54) is 43.5 Å². The van der Waals surface area contributed by atoms with Crippen molar-refractivity contribution in [2.45, 2.75) is 37.7 Å². The molecule has 3 atom stereocenters. The highest BCUT2D eigenvalue weighted by Gasteiger charge is 2.54. The number of likely N-dealkylation sites (tertiary alicyclic amines) is 1. The van der Waals surface area contributed by atoms with Crippen LogP contribution in [0.1, 0.15) is 47.3 Å². The van der Waals surface area contributed by atoms with Crippen molar-refractivity contribution in [3.63, 3.8) is 0 Å². The summed E-state index contributed by atoms with van der Waals surface area (Å²) in [5.74, 6) is 1.65. The number of rotatable bonds is 5. The average molecular weight is 334 g/mol. The molecule has 1 aromatic heterocycles. The van der Waals surface area contributed by atoms with Gasteiger partial charge >= 0.3 is 0 Å². The lowest BCUT2D eigenvalue weighted by atomic mass is 9.64. The molecule has 1 aromatic rings. The Morgan fingerprint density at radius 3 is 2.57 bits per heavy atom. The molecule has 1 unspecified atom stereocenters. The molecule has 0 spiro atoms. The van der Waals surface area contributed by atoms with E-state index < -0.39 is 0 Å². The maximum atomic E-state index is 11.5. The van der Waals surface area contributed by atoms with Crippen molar-refractivity contribution in [3.05, 3.63) is 21.9 Å². The van der Waals surface area contributed by atoms with Crippen molar-refractivity contribution < 1.29 is 9.53 Å². The number of carbonyl (C=O) groups excluding carboxylic acids is 1. The number of thiophene rings is 1. The van der Waals surface area contributed by atoms with Gasteiger partial charge in [0.1, 0.15) is 5.60 Å². The number of piperidine rings is 1. The summed E-state index contributed by atoms with van der Waals surface area (Å²) in [6.07, 6.45) is 6.55. The minimum absolute atomic E-state index is 0.212. The first kappa shape index (κ1) is 15.6. The second-order valence-electron chi connectivity index (χ2n) is 7.55. The first-order valence-corrected chi connectivity index (χ1v) is 9.67. The normalized spacial score (nSPS) is 34.5. The lowest BCUT2D eigenvalue weighted by Gasteiger charge is -2.55. The first-order valence-electron chi connectivity index (χ1n) is 8.79. The third-order valence-corrected chi connectivity index (χ3v) is 7.16. The summed E-state index contributed by atoms with van der Waals surface area (Å²) in [6, 6.07) is 1.98. The van der Waals surface area contributed by atoms with E-state index in [0.29, 0.717) is 17.4 Å². The van der Waals surface area contributed by atoms with Gasteiger partial charge in [0.25, 0.3) is 0 Å². The van der Waals surface area contributed by atoms with Gasteiger partial charge in [-0.15, -0.1) is 11.3 Å². The Kier molecular flexibility index (Phi) is 3.98. The maximum absolute atomic E-state index is 11.5. The zero-order chi connectivity index (χ0) is 16.0. The van der Waals surface area contributed by atoms with Gasteiger partial charge in [-0.25, -0.2) is 0 Å². The van der Waals surface area contributed by atoms with Gasteiger partial charge in [-0.05, 0) is 37.7 Å². The van der Waals surface area contributed by atoms with Crippen LogP contribution in [0.4, 0.5) is 0 Å². The van der Waals surface area contributed by atoms with Crippen molar-refractivity contribution in [1.29, 1.82) is 0 Å². The Labute approximate surface area is 142 Å². The monoisotopic (exact) mass is 334 g/mol. The SMILES string of the molecule is COC1(c2cc(C(N)=O)cs2)[C@@H]2CCC[C@H]1CN(CC1CC1)C2. The van der Waals surface area contributed by atoms with Crippen molar-refractivity contribution in [1.82, 2.24) is 4.90 Å². The fourth-order valence-electron chi connectivity index (χ4n) is 4.85. The van der Waals surface area contributed by atoms with E-state index in [-0.39, 0.29) is 11.5 Å². The van der Waals surface area contributed by atoms with Crippen LogP contribution in [0.2, 0.25) is 0 Å². The maximum Gasteiger partial charge on any atom is 0.249 e. The average Bonchev–Trinajstić information content (AvgIpc) is 3.18. The number of hydrogen-bond donors (Lipinski definition) is 1. The zero-order valence-electron chi connectivity index (χ0n) is 13.8. The Morgan fingerprint density at radius 1 is 1.35 bits per heavy atom. The van der Waals surface area contributed by atoms with Crippen LogP contribution in [0.3, 0.4) is 0 Å². The minimum Gasteiger partial charge on any atom is -0.372 e. The number of primary amides is 1. The smallest absolute Gasteiger partial charge is 0.249 e. The lowest BCUT2D eigenvalue weighted by Crippen LogP contribution is -2.59. The van der Waals surface area contributed by atoms with E-state index in [0.717, 1.165) is 19.0 Å².